The van der Waals surface area contributed by atoms with E-state index < -0.39 is 0 Å². The van der Waals surface area contributed by atoms with Crippen LogP contribution in [0.1, 0.15) is 18.4 Å². The number of hydrogen-bond donors (Lipinski definition) is 1. The van der Waals surface area contributed by atoms with Crippen LogP contribution in [0.4, 0.5) is 0 Å². The zero-order valence-corrected chi connectivity index (χ0v) is 13.0. The van der Waals surface area contributed by atoms with Gasteiger partial charge in [0.1, 0.15) is 0 Å². The fourth-order valence-corrected chi connectivity index (χ4v) is 2.41. The van der Waals surface area contributed by atoms with E-state index in [1.54, 1.807) is 7.11 Å². The van der Waals surface area contributed by atoms with E-state index in [0.29, 0.717) is 13.2 Å². The van der Waals surface area contributed by atoms with Crippen molar-refractivity contribution >= 4 is 5.91 Å². The summed E-state index contributed by atoms with van der Waals surface area (Å²) in [4.78, 5) is 14.0. The Hall–Kier alpha value is -1.39. The summed E-state index contributed by atoms with van der Waals surface area (Å²) < 4.78 is 5.31. The predicted octanol–water partition coefficient (Wildman–Crippen LogP) is 1.70. The number of carbonyl (C=O) groups is 1. The van der Waals surface area contributed by atoms with Gasteiger partial charge in [-0.1, -0.05) is 30.3 Å². The summed E-state index contributed by atoms with van der Waals surface area (Å²) in [7, 11) is 3.70. The third kappa shape index (κ3) is 5.86. The largest absolute Gasteiger partial charge is 0.383 e. The van der Waals surface area contributed by atoms with Gasteiger partial charge < -0.3 is 10.1 Å². The van der Waals surface area contributed by atoms with Crippen molar-refractivity contribution in [3.05, 3.63) is 35.9 Å². The van der Waals surface area contributed by atoms with E-state index in [1.165, 1.54) is 18.4 Å². The van der Waals surface area contributed by atoms with Gasteiger partial charge in [-0.15, -0.1) is 0 Å². The summed E-state index contributed by atoms with van der Waals surface area (Å²) in [6.07, 6.45) is 3.41. The van der Waals surface area contributed by atoms with Crippen LogP contribution >= 0.6 is 0 Å². The predicted molar refractivity (Wildman–Crippen MR) is 84.2 cm³/mol. The zero-order valence-electron chi connectivity index (χ0n) is 13.0. The smallest absolute Gasteiger partial charge is 0.234 e. The van der Waals surface area contributed by atoms with Gasteiger partial charge in [0.25, 0.3) is 0 Å². The number of hydrogen-bond acceptors (Lipinski definition) is 3. The fraction of sp³-hybridized carbons (Fsp3) is 0.588. The summed E-state index contributed by atoms with van der Waals surface area (Å²) in [5.74, 6) is 0.830. The Morgan fingerprint density at radius 1 is 1.38 bits per heavy atom. The van der Waals surface area contributed by atoms with Crippen LogP contribution in [0.2, 0.25) is 0 Å². The molecule has 1 N–H and O–H groups in total. The second kappa shape index (κ2) is 8.15. The number of benzene rings is 1. The van der Waals surface area contributed by atoms with Gasteiger partial charge in [0.05, 0.1) is 13.2 Å². The van der Waals surface area contributed by atoms with Gasteiger partial charge in [-0.05, 0) is 37.8 Å². The normalized spacial score (nSPS) is 16.0. The van der Waals surface area contributed by atoms with E-state index in [-0.39, 0.29) is 11.9 Å². The Morgan fingerprint density at radius 3 is 2.71 bits per heavy atom. The van der Waals surface area contributed by atoms with Gasteiger partial charge in [-0.25, -0.2) is 0 Å². The third-order valence-electron chi connectivity index (χ3n) is 3.97. The molecule has 0 radical (unpaired) electrons. The molecule has 0 heterocycles. The summed E-state index contributed by atoms with van der Waals surface area (Å²) in [5.41, 5.74) is 1.27. The number of nitrogens with zero attached hydrogens (tertiary/aromatic N) is 1. The van der Waals surface area contributed by atoms with Crippen LogP contribution in [-0.4, -0.2) is 50.7 Å². The van der Waals surface area contributed by atoms with Gasteiger partial charge in [0, 0.05) is 19.7 Å². The van der Waals surface area contributed by atoms with Crippen LogP contribution in [-0.2, 0) is 16.0 Å². The van der Waals surface area contributed by atoms with E-state index >= 15 is 0 Å². The zero-order chi connectivity index (χ0) is 15.1. The molecule has 116 valence electrons. The van der Waals surface area contributed by atoms with Crippen LogP contribution in [0.5, 0.6) is 0 Å². The summed E-state index contributed by atoms with van der Waals surface area (Å²) >= 11 is 0. The molecule has 1 saturated carbocycles. The lowest BCUT2D eigenvalue weighted by atomic mass is 10.1. The first-order chi connectivity index (χ1) is 10.2. The molecule has 0 aromatic heterocycles. The minimum absolute atomic E-state index is 0.110. The second-order valence-corrected chi connectivity index (χ2v) is 5.96. The van der Waals surface area contributed by atoms with Gasteiger partial charge in [0.2, 0.25) is 5.91 Å². The van der Waals surface area contributed by atoms with Crippen molar-refractivity contribution in [1.29, 1.82) is 0 Å². The average molecular weight is 290 g/mol. The highest BCUT2D eigenvalue weighted by molar-refractivity contribution is 5.78. The number of rotatable bonds is 9. The van der Waals surface area contributed by atoms with Crippen molar-refractivity contribution in [2.45, 2.75) is 25.3 Å². The molecule has 1 amide bonds. The van der Waals surface area contributed by atoms with Crippen molar-refractivity contribution in [3.8, 4) is 0 Å². The quantitative estimate of drug-likeness (QED) is 0.753. The topological polar surface area (TPSA) is 41.6 Å². The van der Waals surface area contributed by atoms with Crippen molar-refractivity contribution in [1.82, 2.24) is 10.2 Å². The number of methoxy groups -OCH3 is 1. The molecule has 4 nitrogen and oxygen atoms in total. The van der Waals surface area contributed by atoms with Crippen LogP contribution in [0.15, 0.2) is 30.3 Å². The third-order valence-corrected chi connectivity index (χ3v) is 3.97. The molecular weight excluding hydrogens is 264 g/mol. The van der Waals surface area contributed by atoms with E-state index in [9.17, 15) is 4.79 Å². The average Bonchev–Trinajstić information content (AvgIpc) is 3.30. The lowest BCUT2D eigenvalue weighted by molar-refractivity contribution is -0.122. The highest BCUT2D eigenvalue weighted by Crippen LogP contribution is 2.27. The van der Waals surface area contributed by atoms with Gasteiger partial charge in [0.15, 0.2) is 0 Å². The molecule has 4 heteroatoms. The van der Waals surface area contributed by atoms with Crippen LogP contribution in [0.3, 0.4) is 0 Å². The number of likely N-dealkylation sites (N-methyl/N-ethyl adjacent to an activating group) is 1. The van der Waals surface area contributed by atoms with Crippen LogP contribution in [0.25, 0.3) is 0 Å². The summed E-state index contributed by atoms with van der Waals surface area (Å²) in [6.45, 7) is 1.88. The fourth-order valence-electron chi connectivity index (χ4n) is 2.41. The monoisotopic (exact) mass is 290 g/mol. The first kappa shape index (κ1) is 16.0. The minimum Gasteiger partial charge on any atom is -0.383 e. The van der Waals surface area contributed by atoms with E-state index in [4.69, 9.17) is 4.74 Å². The molecule has 1 fully saturated rings. The van der Waals surface area contributed by atoms with E-state index in [1.807, 2.05) is 25.2 Å². The number of nitrogens with one attached hydrogen (secondary N) is 1. The second-order valence-electron chi connectivity index (χ2n) is 5.96. The number of ether oxygens (including phenoxy) is 1. The van der Waals surface area contributed by atoms with Gasteiger partial charge >= 0.3 is 0 Å². The Bertz CT molecular complexity index is 432. The van der Waals surface area contributed by atoms with Crippen LogP contribution in [0, 0.1) is 5.92 Å². The molecule has 21 heavy (non-hydrogen) atoms. The van der Waals surface area contributed by atoms with Gasteiger partial charge in [-0.3, -0.25) is 9.69 Å². The maximum absolute atomic E-state index is 12.0. The molecule has 2 rings (SSSR count). The molecule has 1 aromatic rings. The molecule has 0 aliphatic heterocycles. The summed E-state index contributed by atoms with van der Waals surface area (Å²) in [6, 6.07) is 10.5. The maximum Gasteiger partial charge on any atom is 0.234 e. The molecule has 1 aliphatic rings. The molecule has 1 aromatic carbocycles. The highest BCUT2D eigenvalue weighted by atomic mass is 16.5. The van der Waals surface area contributed by atoms with E-state index in [2.05, 4.69) is 22.3 Å². The molecule has 0 bridgehead atoms. The molecular formula is C17H26N2O2. The molecule has 1 aliphatic carbocycles. The lowest BCUT2D eigenvalue weighted by Crippen LogP contribution is -2.44. The Balaban J connectivity index is 1.82. The Kier molecular flexibility index (Phi) is 6.21. The first-order valence-corrected chi connectivity index (χ1v) is 7.69. The molecule has 1 atom stereocenters. The minimum atomic E-state index is 0.110. The van der Waals surface area contributed by atoms with Crippen LogP contribution < -0.4 is 5.32 Å². The molecule has 0 unspecified atom stereocenters. The van der Waals surface area contributed by atoms with Crippen molar-refractivity contribution in [3.63, 3.8) is 0 Å². The van der Waals surface area contributed by atoms with Crippen molar-refractivity contribution in [2.75, 3.05) is 33.9 Å². The van der Waals surface area contributed by atoms with Crippen molar-refractivity contribution < 1.29 is 9.53 Å². The molecule has 0 saturated heterocycles. The van der Waals surface area contributed by atoms with Gasteiger partial charge in [-0.2, -0.15) is 0 Å². The SMILES string of the molecule is COC[C@@H](Cc1ccccc1)N(C)CC(=O)NCC1CC1. The van der Waals surface area contributed by atoms with E-state index in [0.717, 1.165) is 18.9 Å². The Morgan fingerprint density at radius 2 is 2.10 bits per heavy atom. The first-order valence-electron chi connectivity index (χ1n) is 7.69. The standard InChI is InChI=1S/C17H26N2O2/c1-19(12-17(20)18-11-15-8-9-15)16(13-21-2)10-14-6-4-3-5-7-14/h3-7,15-16H,8-13H2,1-2H3,(H,18,20)/t16-/m1/s1. The number of amides is 1. The Labute approximate surface area is 127 Å². The lowest BCUT2D eigenvalue weighted by Gasteiger charge is -2.27. The number of carbonyl (C=O) groups excluding carboxylic acids is 1. The molecule has 0 spiro atoms. The van der Waals surface area contributed by atoms with Crippen molar-refractivity contribution in [2.24, 2.45) is 5.92 Å². The maximum atomic E-state index is 12.0. The highest BCUT2D eigenvalue weighted by Gasteiger charge is 2.23. The summed E-state index contributed by atoms with van der Waals surface area (Å²) in [5, 5.41) is 3.01.